The zero-order chi connectivity index (χ0) is 12.0. The second-order valence-corrected chi connectivity index (χ2v) is 3.81. The zero-order valence-corrected chi connectivity index (χ0v) is 9.83. The molecule has 0 aliphatic carbocycles. The van der Waals surface area contributed by atoms with Crippen LogP contribution in [0.5, 0.6) is 0 Å². The lowest BCUT2D eigenvalue weighted by Crippen LogP contribution is -1.85. The van der Waals surface area contributed by atoms with Crippen molar-refractivity contribution in [3.05, 3.63) is 71.6 Å². The monoisotopic (exact) mass is 216 g/mol. The van der Waals surface area contributed by atoms with E-state index < -0.39 is 0 Å². The Morgan fingerprint density at radius 3 is 2.69 bits per heavy atom. The van der Waals surface area contributed by atoms with Crippen molar-refractivity contribution in [1.82, 2.24) is 0 Å². The van der Waals surface area contributed by atoms with Gasteiger partial charge in [0, 0.05) is 0 Å². The van der Waals surface area contributed by atoms with Crippen LogP contribution in [0, 0.1) is 13.8 Å². The summed E-state index contributed by atoms with van der Waals surface area (Å²) in [5, 5.41) is 0. The predicted molar refractivity (Wildman–Crippen MR) is 68.1 cm³/mol. The average Bonchev–Trinajstić information content (AvgIpc) is 2.24. The van der Waals surface area contributed by atoms with Crippen molar-refractivity contribution in [1.29, 1.82) is 0 Å². The summed E-state index contributed by atoms with van der Waals surface area (Å²) in [7, 11) is 0. The van der Waals surface area contributed by atoms with E-state index >= 15 is 0 Å². The summed E-state index contributed by atoms with van der Waals surface area (Å²) in [6.45, 7) is 7.61. The summed E-state index contributed by atoms with van der Waals surface area (Å²) in [5.41, 5.74) is 3.75. The van der Waals surface area contributed by atoms with Gasteiger partial charge in [-0.3, -0.25) is 0 Å². The first-order valence-electron chi connectivity index (χ1n) is 5.34. The van der Waals surface area contributed by atoms with Gasteiger partial charge in [-0.05, 0) is 49.1 Å². The number of hydrogen-bond acceptors (Lipinski definition) is 0. The molecule has 0 heterocycles. The molecule has 0 spiro atoms. The normalized spacial score (nSPS) is 12.1. The lowest BCUT2D eigenvalue weighted by atomic mass is 10.0. The standard InChI is InChI=1S/C15H17F/c1-4-6-15(16)8-5-7-14-10-9-12(2)13(3)11-14/h4-6,8-11H,1,7H2,2-3H3/b8-5-,15-6+. The Morgan fingerprint density at radius 1 is 1.31 bits per heavy atom. The first-order chi connectivity index (χ1) is 7.63. The number of aryl methyl sites for hydroxylation is 2. The third-order valence-electron chi connectivity index (χ3n) is 2.48. The van der Waals surface area contributed by atoms with Crippen molar-refractivity contribution in [2.24, 2.45) is 0 Å². The summed E-state index contributed by atoms with van der Waals surface area (Å²) in [5.74, 6) is -0.265. The van der Waals surface area contributed by atoms with Gasteiger partial charge in [0.1, 0.15) is 5.83 Å². The number of allylic oxidation sites excluding steroid dienone is 5. The van der Waals surface area contributed by atoms with Crippen LogP contribution in [0.4, 0.5) is 4.39 Å². The van der Waals surface area contributed by atoms with Gasteiger partial charge in [-0.2, -0.15) is 0 Å². The molecule has 0 fully saturated rings. The molecule has 0 nitrogen and oxygen atoms in total. The molecule has 1 aromatic rings. The van der Waals surface area contributed by atoms with Crippen LogP contribution in [-0.4, -0.2) is 0 Å². The van der Waals surface area contributed by atoms with Crippen molar-refractivity contribution < 1.29 is 4.39 Å². The highest BCUT2D eigenvalue weighted by Gasteiger charge is 1.94. The molecule has 0 aromatic heterocycles. The molecular formula is C15H17F. The van der Waals surface area contributed by atoms with Crippen molar-refractivity contribution in [2.75, 3.05) is 0 Å². The van der Waals surface area contributed by atoms with Crippen LogP contribution in [0.1, 0.15) is 16.7 Å². The number of benzene rings is 1. The summed E-state index contributed by atoms with van der Waals surface area (Å²) in [6, 6.07) is 6.30. The molecule has 0 amide bonds. The highest BCUT2D eigenvalue weighted by atomic mass is 19.1. The van der Waals surface area contributed by atoms with Gasteiger partial charge >= 0.3 is 0 Å². The van der Waals surface area contributed by atoms with Crippen LogP contribution in [0.25, 0.3) is 0 Å². The number of halogens is 1. The minimum absolute atomic E-state index is 0.265. The second-order valence-electron chi connectivity index (χ2n) is 3.81. The summed E-state index contributed by atoms with van der Waals surface area (Å²) < 4.78 is 13.0. The van der Waals surface area contributed by atoms with E-state index in [9.17, 15) is 4.39 Å². The van der Waals surface area contributed by atoms with Gasteiger partial charge in [0.05, 0.1) is 0 Å². The lowest BCUT2D eigenvalue weighted by molar-refractivity contribution is 0.666. The predicted octanol–water partition coefficient (Wildman–Crippen LogP) is 4.44. The molecule has 0 saturated heterocycles. The van der Waals surface area contributed by atoms with E-state index in [1.807, 2.05) is 6.08 Å². The van der Waals surface area contributed by atoms with Gasteiger partial charge in [-0.15, -0.1) is 0 Å². The van der Waals surface area contributed by atoms with Crippen molar-refractivity contribution in [3.8, 4) is 0 Å². The molecule has 0 unspecified atom stereocenters. The third-order valence-corrected chi connectivity index (χ3v) is 2.48. The van der Waals surface area contributed by atoms with Gasteiger partial charge < -0.3 is 0 Å². The number of hydrogen-bond donors (Lipinski definition) is 0. The van der Waals surface area contributed by atoms with Crippen LogP contribution >= 0.6 is 0 Å². The van der Waals surface area contributed by atoms with Crippen molar-refractivity contribution in [3.63, 3.8) is 0 Å². The Bertz CT molecular complexity index is 425. The average molecular weight is 216 g/mol. The SMILES string of the molecule is C=C/C=C(F)\C=C/Cc1ccc(C)c(C)c1. The fourth-order valence-electron chi connectivity index (χ4n) is 1.41. The smallest absolute Gasteiger partial charge is 0.122 e. The summed E-state index contributed by atoms with van der Waals surface area (Å²) >= 11 is 0. The maximum atomic E-state index is 13.0. The molecule has 16 heavy (non-hydrogen) atoms. The maximum absolute atomic E-state index is 13.0. The van der Waals surface area contributed by atoms with Gasteiger partial charge in [-0.1, -0.05) is 36.9 Å². The minimum atomic E-state index is -0.265. The van der Waals surface area contributed by atoms with Gasteiger partial charge in [0.15, 0.2) is 0 Å². The van der Waals surface area contributed by atoms with Gasteiger partial charge in [0.2, 0.25) is 0 Å². The Hall–Kier alpha value is -1.63. The van der Waals surface area contributed by atoms with Crippen molar-refractivity contribution >= 4 is 0 Å². The minimum Gasteiger partial charge on any atom is -0.207 e. The Morgan fingerprint density at radius 2 is 2.06 bits per heavy atom. The highest BCUT2D eigenvalue weighted by Crippen LogP contribution is 2.11. The molecule has 0 atom stereocenters. The third kappa shape index (κ3) is 3.85. The van der Waals surface area contributed by atoms with Crippen LogP contribution < -0.4 is 0 Å². The van der Waals surface area contributed by atoms with E-state index in [0.29, 0.717) is 0 Å². The second kappa shape index (κ2) is 6.06. The molecule has 1 rings (SSSR count). The van der Waals surface area contributed by atoms with Crippen LogP contribution in [0.15, 0.2) is 54.9 Å². The van der Waals surface area contributed by atoms with Gasteiger partial charge in [-0.25, -0.2) is 4.39 Å². The number of rotatable bonds is 4. The quantitative estimate of drug-likeness (QED) is 0.653. The molecule has 0 saturated carbocycles. The molecule has 0 N–H and O–H groups in total. The largest absolute Gasteiger partial charge is 0.207 e. The van der Waals surface area contributed by atoms with Crippen LogP contribution in [-0.2, 0) is 6.42 Å². The molecule has 1 heteroatoms. The van der Waals surface area contributed by atoms with E-state index in [4.69, 9.17) is 0 Å². The van der Waals surface area contributed by atoms with Crippen LogP contribution in [0.3, 0.4) is 0 Å². The van der Waals surface area contributed by atoms with Gasteiger partial charge in [0.25, 0.3) is 0 Å². The Kier molecular flexibility index (Phi) is 4.71. The van der Waals surface area contributed by atoms with E-state index in [0.717, 1.165) is 6.42 Å². The molecule has 0 radical (unpaired) electrons. The molecular weight excluding hydrogens is 199 g/mol. The summed E-state index contributed by atoms with van der Waals surface area (Å²) in [4.78, 5) is 0. The lowest BCUT2D eigenvalue weighted by Gasteiger charge is -2.02. The molecule has 1 aromatic carbocycles. The van der Waals surface area contributed by atoms with E-state index in [1.54, 1.807) is 0 Å². The van der Waals surface area contributed by atoms with Crippen LogP contribution in [0.2, 0.25) is 0 Å². The topological polar surface area (TPSA) is 0 Å². The molecule has 84 valence electrons. The van der Waals surface area contributed by atoms with E-state index in [1.165, 1.54) is 34.9 Å². The molecule has 0 aliphatic heterocycles. The Labute approximate surface area is 96.8 Å². The maximum Gasteiger partial charge on any atom is 0.122 e. The molecule has 0 aliphatic rings. The fourth-order valence-corrected chi connectivity index (χ4v) is 1.41. The van der Waals surface area contributed by atoms with E-state index in [-0.39, 0.29) is 5.83 Å². The highest BCUT2D eigenvalue weighted by molar-refractivity contribution is 5.31. The summed E-state index contributed by atoms with van der Waals surface area (Å²) in [6.07, 6.45) is 6.82. The molecule has 0 bridgehead atoms. The van der Waals surface area contributed by atoms with Crippen molar-refractivity contribution in [2.45, 2.75) is 20.3 Å². The first-order valence-corrected chi connectivity index (χ1v) is 5.34. The first kappa shape index (κ1) is 12.4. The Balaban J connectivity index is 2.64. The van der Waals surface area contributed by atoms with E-state index in [2.05, 4.69) is 38.6 Å². The fraction of sp³-hybridized carbons (Fsp3) is 0.200. The zero-order valence-electron chi connectivity index (χ0n) is 9.83.